The van der Waals surface area contributed by atoms with Crippen LogP contribution in [0.2, 0.25) is 0 Å². The topological polar surface area (TPSA) is 64.9 Å². The van der Waals surface area contributed by atoms with E-state index in [0.29, 0.717) is 5.88 Å². The molecule has 2 rings (SSSR count). The molecule has 0 aromatic carbocycles. The highest BCUT2D eigenvalue weighted by atomic mass is 16.5. The van der Waals surface area contributed by atoms with Crippen LogP contribution >= 0.6 is 0 Å². The van der Waals surface area contributed by atoms with Crippen molar-refractivity contribution in [2.75, 3.05) is 12.4 Å². The molecule has 0 atom stereocenters. The third-order valence-electron chi connectivity index (χ3n) is 3.13. The van der Waals surface area contributed by atoms with Crippen molar-refractivity contribution in [3.05, 3.63) is 23.3 Å². The van der Waals surface area contributed by atoms with Gasteiger partial charge >= 0.3 is 0 Å². The lowest BCUT2D eigenvalue weighted by atomic mass is 10.3. The molecule has 0 saturated heterocycles. The van der Waals surface area contributed by atoms with Crippen LogP contribution in [0.25, 0.3) is 0 Å². The fourth-order valence-corrected chi connectivity index (χ4v) is 1.99. The van der Waals surface area contributed by atoms with Crippen LogP contribution in [0.3, 0.4) is 0 Å². The summed E-state index contributed by atoms with van der Waals surface area (Å²) in [5, 5.41) is 7.38. The number of nitrogens with one attached hydrogen (secondary N) is 1. The highest BCUT2D eigenvalue weighted by molar-refractivity contribution is 5.41. The van der Waals surface area contributed by atoms with Crippen LogP contribution in [0, 0.1) is 13.8 Å². The zero-order chi connectivity index (χ0) is 14.7. The highest BCUT2D eigenvalue weighted by Gasteiger charge is 2.13. The summed E-state index contributed by atoms with van der Waals surface area (Å²) in [5.41, 5.74) is 1.83. The molecule has 0 unspecified atom stereocenters. The summed E-state index contributed by atoms with van der Waals surface area (Å²) in [6.07, 6.45) is 1.83. The van der Waals surface area contributed by atoms with Crippen LogP contribution in [0.1, 0.15) is 30.6 Å². The summed E-state index contributed by atoms with van der Waals surface area (Å²) >= 11 is 0. The van der Waals surface area contributed by atoms with Crippen LogP contribution in [0.15, 0.2) is 6.07 Å². The third-order valence-corrected chi connectivity index (χ3v) is 3.13. The SMILES string of the molecule is CCCc1nc(NC)cc(Oc2c(C)nn(C)c2C)n1. The van der Waals surface area contributed by atoms with E-state index in [1.54, 1.807) is 10.7 Å². The second kappa shape index (κ2) is 5.90. The first kappa shape index (κ1) is 14.3. The van der Waals surface area contributed by atoms with E-state index in [-0.39, 0.29) is 0 Å². The monoisotopic (exact) mass is 275 g/mol. The Morgan fingerprint density at radius 2 is 2.05 bits per heavy atom. The lowest BCUT2D eigenvalue weighted by molar-refractivity contribution is 0.451. The van der Waals surface area contributed by atoms with Crippen LogP contribution < -0.4 is 10.1 Å². The second-order valence-electron chi connectivity index (χ2n) is 4.73. The minimum absolute atomic E-state index is 0.548. The maximum atomic E-state index is 5.92. The first-order valence-corrected chi connectivity index (χ1v) is 6.79. The minimum atomic E-state index is 0.548. The maximum absolute atomic E-state index is 5.92. The molecule has 0 spiro atoms. The molecule has 108 valence electrons. The first-order valence-electron chi connectivity index (χ1n) is 6.79. The summed E-state index contributed by atoms with van der Waals surface area (Å²) in [6, 6.07) is 1.80. The average Bonchev–Trinajstić information content (AvgIpc) is 2.65. The van der Waals surface area contributed by atoms with E-state index in [4.69, 9.17) is 4.74 Å². The summed E-state index contributed by atoms with van der Waals surface area (Å²) in [7, 11) is 3.74. The number of anilines is 1. The standard InChI is InChI=1S/C14H21N5O/c1-6-7-11-16-12(15-4)8-13(17-11)20-14-9(2)18-19(5)10(14)3/h8H,6-7H2,1-5H3,(H,15,16,17). The van der Waals surface area contributed by atoms with Crippen molar-refractivity contribution in [2.24, 2.45) is 7.05 Å². The Labute approximate surface area is 119 Å². The van der Waals surface area contributed by atoms with Gasteiger partial charge in [-0.15, -0.1) is 0 Å². The van der Waals surface area contributed by atoms with Crippen molar-refractivity contribution in [1.82, 2.24) is 19.7 Å². The first-order chi connectivity index (χ1) is 9.55. The molecule has 1 N–H and O–H groups in total. The van der Waals surface area contributed by atoms with Gasteiger partial charge in [0.2, 0.25) is 5.88 Å². The summed E-state index contributed by atoms with van der Waals surface area (Å²) in [4.78, 5) is 8.86. The predicted octanol–water partition coefficient (Wildman–Crippen LogP) is 2.61. The van der Waals surface area contributed by atoms with Gasteiger partial charge < -0.3 is 10.1 Å². The van der Waals surface area contributed by atoms with Gasteiger partial charge in [-0.3, -0.25) is 4.68 Å². The molecule has 0 bridgehead atoms. The lowest BCUT2D eigenvalue weighted by Gasteiger charge is -2.09. The number of hydrogen-bond donors (Lipinski definition) is 1. The van der Waals surface area contributed by atoms with Crippen molar-refractivity contribution >= 4 is 5.82 Å². The Morgan fingerprint density at radius 3 is 2.60 bits per heavy atom. The summed E-state index contributed by atoms with van der Waals surface area (Å²) in [5.74, 6) is 2.86. The predicted molar refractivity (Wildman–Crippen MR) is 78.3 cm³/mol. The normalized spacial score (nSPS) is 10.7. The van der Waals surface area contributed by atoms with Crippen LogP contribution in [-0.4, -0.2) is 26.8 Å². The summed E-state index contributed by atoms with van der Waals surface area (Å²) < 4.78 is 7.72. The van der Waals surface area contributed by atoms with Gasteiger partial charge in [0, 0.05) is 26.6 Å². The molecule has 2 heterocycles. The fraction of sp³-hybridized carbons (Fsp3) is 0.500. The van der Waals surface area contributed by atoms with Crippen molar-refractivity contribution < 1.29 is 4.74 Å². The Morgan fingerprint density at radius 1 is 1.30 bits per heavy atom. The van der Waals surface area contributed by atoms with Gasteiger partial charge in [0.05, 0.1) is 5.69 Å². The van der Waals surface area contributed by atoms with E-state index < -0.39 is 0 Å². The van der Waals surface area contributed by atoms with Crippen molar-refractivity contribution in [3.63, 3.8) is 0 Å². The minimum Gasteiger partial charge on any atom is -0.435 e. The van der Waals surface area contributed by atoms with E-state index in [1.807, 2.05) is 27.9 Å². The molecule has 6 heteroatoms. The fourth-order valence-electron chi connectivity index (χ4n) is 1.99. The van der Waals surface area contributed by atoms with Gasteiger partial charge in [0.25, 0.3) is 0 Å². The highest BCUT2D eigenvalue weighted by Crippen LogP contribution is 2.27. The molecule has 0 aliphatic carbocycles. The number of aryl methyl sites for hydroxylation is 3. The van der Waals surface area contributed by atoms with Gasteiger partial charge in [0.1, 0.15) is 17.3 Å². The van der Waals surface area contributed by atoms with Crippen molar-refractivity contribution in [3.8, 4) is 11.6 Å². The van der Waals surface area contributed by atoms with E-state index in [0.717, 1.165) is 41.6 Å². The number of nitrogens with zero attached hydrogens (tertiary/aromatic N) is 4. The smallest absolute Gasteiger partial charge is 0.224 e. The zero-order valence-corrected chi connectivity index (χ0v) is 12.7. The number of aromatic nitrogens is 4. The van der Waals surface area contributed by atoms with Gasteiger partial charge in [0.15, 0.2) is 5.75 Å². The van der Waals surface area contributed by atoms with Crippen molar-refractivity contribution in [1.29, 1.82) is 0 Å². The molecule has 2 aromatic heterocycles. The van der Waals surface area contributed by atoms with Crippen molar-refractivity contribution in [2.45, 2.75) is 33.6 Å². The molecule has 0 fully saturated rings. The number of hydrogen-bond acceptors (Lipinski definition) is 5. The third kappa shape index (κ3) is 2.89. The summed E-state index contributed by atoms with van der Waals surface area (Å²) in [6.45, 7) is 6.00. The van der Waals surface area contributed by atoms with Gasteiger partial charge in [-0.1, -0.05) is 6.92 Å². The Kier molecular flexibility index (Phi) is 4.22. The quantitative estimate of drug-likeness (QED) is 0.908. The van der Waals surface area contributed by atoms with E-state index in [2.05, 4.69) is 27.3 Å². The average molecular weight is 275 g/mol. The Bertz CT molecular complexity index is 606. The zero-order valence-electron chi connectivity index (χ0n) is 12.7. The largest absolute Gasteiger partial charge is 0.435 e. The lowest BCUT2D eigenvalue weighted by Crippen LogP contribution is -2.02. The maximum Gasteiger partial charge on any atom is 0.224 e. The molecule has 0 aliphatic heterocycles. The molecule has 2 aromatic rings. The molecule has 0 saturated carbocycles. The Balaban J connectivity index is 2.34. The Hall–Kier alpha value is -2.11. The van der Waals surface area contributed by atoms with E-state index in [1.165, 1.54) is 0 Å². The van der Waals surface area contributed by atoms with Crippen LogP contribution in [-0.2, 0) is 13.5 Å². The van der Waals surface area contributed by atoms with Gasteiger partial charge in [-0.25, -0.2) is 4.98 Å². The van der Waals surface area contributed by atoms with E-state index >= 15 is 0 Å². The van der Waals surface area contributed by atoms with Crippen LogP contribution in [0.5, 0.6) is 11.6 Å². The van der Waals surface area contributed by atoms with Gasteiger partial charge in [-0.2, -0.15) is 10.1 Å². The van der Waals surface area contributed by atoms with E-state index in [9.17, 15) is 0 Å². The second-order valence-corrected chi connectivity index (χ2v) is 4.73. The van der Waals surface area contributed by atoms with Gasteiger partial charge in [-0.05, 0) is 20.3 Å². The van der Waals surface area contributed by atoms with Crippen LogP contribution in [0.4, 0.5) is 5.82 Å². The number of ether oxygens (including phenoxy) is 1. The molecule has 0 radical (unpaired) electrons. The molecular weight excluding hydrogens is 254 g/mol. The molecule has 20 heavy (non-hydrogen) atoms. The molecule has 0 aliphatic rings. The molecule has 0 amide bonds. The molecule has 6 nitrogen and oxygen atoms in total. The number of rotatable bonds is 5. The molecular formula is C14H21N5O.